The van der Waals surface area contributed by atoms with Gasteiger partial charge in [-0.05, 0) is 39.2 Å². The van der Waals surface area contributed by atoms with E-state index in [0.29, 0.717) is 0 Å². The van der Waals surface area contributed by atoms with Crippen molar-refractivity contribution in [2.75, 3.05) is 6.54 Å². The molecule has 0 aliphatic carbocycles. The van der Waals surface area contributed by atoms with E-state index in [9.17, 15) is 0 Å². The standard InChI is InChI=1S/C11H21N/c1-6-12-11(5)8-10(4)7-9(2)3/h8-9H,6-7H2,1-5H3/b10-8+,12-11?. The van der Waals surface area contributed by atoms with Gasteiger partial charge in [-0.1, -0.05) is 19.4 Å². The third-order valence-corrected chi connectivity index (χ3v) is 1.59. The molecule has 0 radical (unpaired) electrons. The van der Waals surface area contributed by atoms with Gasteiger partial charge in [0.05, 0.1) is 0 Å². The molecule has 0 rings (SSSR count). The Balaban J connectivity index is 4.06. The summed E-state index contributed by atoms with van der Waals surface area (Å²) >= 11 is 0. The van der Waals surface area contributed by atoms with Crippen LogP contribution in [-0.4, -0.2) is 12.3 Å². The lowest BCUT2D eigenvalue weighted by molar-refractivity contribution is 0.643. The molecule has 1 nitrogen and oxygen atoms in total. The van der Waals surface area contributed by atoms with Gasteiger partial charge >= 0.3 is 0 Å². The Morgan fingerprint density at radius 2 is 1.92 bits per heavy atom. The lowest BCUT2D eigenvalue weighted by Crippen LogP contribution is -1.92. The van der Waals surface area contributed by atoms with Crippen molar-refractivity contribution in [3.63, 3.8) is 0 Å². The molecule has 0 saturated heterocycles. The average Bonchev–Trinajstić information content (AvgIpc) is 1.84. The summed E-state index contributed by atoms with van der Waals surface area (Å²) in [5.41, 5.74) is 2.58. The first kappa shape index (κ1) is 11.4. The molecule has 0 aromatic carbocycles. The van der Waals surface area contributed by atoms with Gasteiger partial charge in [-0.2, -0.15) is 0 Å². The largest absolute Gasteiger partial charge is 0.290 e. The van der Waals surface area contributed by atoms with E-state index in [1.54, 1.807) is 0 Å². The molecule has 1 heteroatoms. The Hall–Kier alpha value is -0.590. The first-order chi connectivity index (χ1) is 5.56. The third-order valence-electron chi connectivity index (χ3n) is 1.59. The quantitative estimate of drug-likeness (QED) is 0.569. The molecular weight excluding hydrogens is 146 g/mol. The number of hydrogen-bond donors (Lipinski definition) is 0. The normalized spacial score (nSPS) is 14.2. The molecule has 0 aliphatic heterocycles. The van der Waals surface area contributed by atoms with Crippen LogP contribution in [0.15, 0.2) is 16.6 Å². The van der Waals surface area contributed by atoms with E-state index in [1.165, 1.54) is 12.0 Å². The summed E-state index contributed by atoms with van der Waals surface area (Å²) in [7, 11) is 0. The van der Waals surface area contributed by atoms with Crippen LogP contribution in [-0.2, 0) is 0 Å². The van der Waals surface area contributed by atoms with E-state index in [-0.39, 0.29) is 0 Å². The van der Waals surface area contributed by atoms with Gasteiger partial charge in [-0.15, -0.1) is 0 Å². The van der Waals surface area contributed by atoms with Crippen molar-refractivity contribution in [1.29, 1.82) is 0 Å². The molecule has 0 heterocycles. The second kappa shape index (κ2) is 5.99. The lowest BCUT2D eigenvalue weighted by Gasteiger charge is -2.04. The maximum Gasteiger partial charge on any atom is 0.0364 e. The van der Waals surface area contributed by atoms with Crippen LogP contribution in [0.5, 0.6) is 0 Å². The van der Waals surface area contributed by atoms with Crippen molar-refractivity contribution >= 4 is 5.71 Å². The fraction of sp³-hybridized carbons (Fsp3) is 0.727. The second-order valence-electron chi connectivity index (χ2n) is 3.70. The van der Waals surface area contributed by atoms with Crippen LogP contribution in [0.25, 0.3) is 0 Å². The Morgan fingerprint density at radius 3 is 2.33 bits per heavy atom. The highest BCUT2D eigenvalue weighted by molar-refractivity contribution is 5.93. The fourth-order valence-electron chi connectivity index (χ4n) is 1.35. The molecule has 0 aromatic rings. The summed E-state index contributed by atoms with van der Waals surface area (Å²) in [6.45, 7) is 11.7. The van der Waals surface area contributed by atoms with Crippen molar-refractivity contribution in [1.82, 2.24) is 0 Å². The van der Waals surface area contributed by atoms with Crippen molar-refractivity contribution in [2.24, 2.45) is 10.9 Å². The SMILES string of the molecule is CCN=C(C)/C=C(\C)CC(C)C. The molecule has 0 aromatic heterocycles. The van der Waals surface area contributed by atoms with Gasteiger partial charge in [-0.25, -0.2) is 0 Å². The first-order valence-corrected chi connectivity index (χ1v) is 4.74. The number of rotatable bonds is 4. The van der Waals surface area contributed by atoms with E-state index in [1.807, 2.05) is 0 Å². The van der Waals surface area contributed by atoms with E-state index < -0.39 is 0 Å². The van der Waals surface area contributed by atoms with Gasteiger partial charge in [0.1, 0.15) is 0 Å². The molecule has 0 bridgehead atoms. The van der Waals surface area contributed by atoms with Crippen molar-refractivity contribution < 1.29 is 0 Å². The highest BCUT2D eigenvalue weighted by Gasteiger charge is 1.95. The van der Waals surface area contributed by atoms with E-state index in [0.717, 1.165) is 18.2 Å². The summed E-state index contributed by atoms with van der Waals surface area (Å²) in [4.78, 5) is 4.31. The molecule has 0 aliphatic rings. The minimum absolute atomic E-state index is 0.746. The maximum absolute atomic E-state index is 4.31. The van der Waals surface area contributed by atoms with E-state index >= 15 is 0 Å². The molecule has 12 heavy (non-hydrogen) atoms. The van der Waals surface area contributed by atoms with E-state index in [2.05, 4.69) is 45.7 Å². The fourth-order valence-corrected chi connectivity index (χ4v) is 1.35. The van der Waals surface area contributed by atoms with Gasteiger partial charge < -0.3 is 0 Å². The number of hydrogen-bond acceptors (Lipinski definition) is 1. The minimum atomic E-state index is 0.746. The molecule has 0 amide bonds. The molecule has 0 unspecified atom stereocenters. The predicted molar refractivity (Wildman–Crippen MR) is 56.9 cm³/mol. The number of aliphatic imine (C=N–C) groups is 1. The molecule has 70 valence electrons. The molecular formula is C11H21N. The molecule has 0 saturated carbocycles. The summed E-state index contributed by atoms with van der Waals surface area (Å²) < 4.78 is 0. The molecule has 0 fully saturated rings. The summed E-state index contributed by atoms with van der Waals surface area (Å²) in [6.07, 6.45) is 3.36. The summed E-state index contributed by atoms with van der Waals surface area (Å²) in [5, 5.41) is 0. The second-order valence-corrected chi connectivity index (χ2v) is 3.70. The first-order valence-electron chi connectivity index (χ1n) is 4.74. The van der Waals surface area contributed by atoms with Gasteiger partial charge in [-0.3, -0.25) is 4.99 Å². The zero-order chi connectivity index (χ0) is 9.56. The average molecular weight is 167 g/mol. The van der Waals surface area contributed by atoms with Crippen LogP contribution in [0.2, 0.25) is 0 Å². The van der Waals surface area contributed by atoms with Crippen LogP contribution >= 0.6 is 0 Å². The van der Waals surface area contributed by atoms with Crippen LogP contribution in [0, 0.1) is 5.92 Å². The lowest BCUT2D eigenvalue weighted by atomic mass is 10.0. The maximum atomic E-state index is 4.31. The zero-order valence-corrected chi connectivity index (χ0v) is 9.02. The van der Waals surface area contributed by atoms with Crippen LogP contribution in [0.3, 0.4) is 0 Å². The predicted octanol–water partition coefficient (Wildman–Crippen LogP) is 3.46. The van der Waals surface area contributed by atoms with E-state index in [4.69, 9.17) is 0 Å². The highest BCUT2D eigenvalue weighted by atomic mass is 14.7. The smallest absolute Gasteiger partial charge is 0.0364 e. The zero-order valence-electron chi connectivity index (χ0n) is 9.02. The van der Waals surface area contributed by atoms with Gasteiger partial charge in [0, 0.05) is 12.3 Å². The van der Waals surface area contributed by atoms with Gasteiger partial charge in [0.2, 0.25) is 0 Å². The van der Waals surface area contributed by atoms with Gasteiger partial charge in [0.15, 0.2) is 0 Å². The van der Waals surface area contributed by atoms with Crippen molar-refractivity contribution in [3.8, 4) is 0 Å². The molecule has 0 atom stereocenters. The van der Waals surface area contributed by atoms with Crippen molar-refractivity contribution in [3.05, 3.63) is 11.6 Å². The Labute approximate surface area is 76.6 Å². The monoisotopic (exact) mass is 167 g/mol. The number of allylic oxidation sites excluding steroid dienone is 2. The summed E-state index contributed by atoms with van der Waals surface area (Å²) in [6, 6.07) is 0. The summed E-state index contributed by atoms with van der Waals surface area (Å²) in [5.74, 6) is 0.746. The Morgan fingerprint density at radius 1 is 1.33 bits per heavy atom. The Bertz CT molecular complexity index is 175. The molecule has 0 N–H and O–H groups in total. The third kappa shape index (κ3) is 6.14. The van der Waals surface area contributed by atoms with Crippen LogP contribution in [0.4, 0.5) is 0 Å². The molecule has 0 spiro atoms. The topological polar surface area (TPSA) is 12.4 Å². The number of nitrogens with zero attached hydrogens (tertiary/aromatic N) is 1. The van der Waals surface area contributed by atoms with Gasteiger partial charge in [0.25, 0.3) is 0 Å². The highest BCUT2D eigenvalue weighted by Crippen LogP contribution is 2.09. The van der Waals surface area contributed by atoms with Crippen molar-refractivity contribution in [2.45, 2.75) is 41.0 Å². The van der Waals surface area contributed by atoms with Crippen LogP contribution < -0.4 is 0 Å². The Kier molecular flexibility index (Phi) is 5.69. The minimum Gasteiger partial charge on any atom is -0.290 e. The van der Waals surface area contributed by atoms with Crippen LogP contribution in [0.1, 0.15) is 41.0 Å².